The smallest absolute Gasteiger partial charge is 0.137 e. The molecule has 1 aromatic carbocycles. The van der Waals surface area contributed by atoms with Gasteiger partial charge in [-0.1, -0.05) is 28.1 Å². The van der Waals surface area contributed by atoms with Crippen molar-refractivity contribution in [2.75, 3.05) is 14.1 Å². The monoisotopic (exact) mass is 323 g/mol. The van der Waals surface area contributed by atoms with Crippen LogP contribution in [-0.4, -0.2) is 42.8 Å². The Bertz CT molecular complexity index is 507. The van der Waals surface area contributed by atoms with Gasteiger partial charge in [0.05, 0.1) is 11.5 Å². The van der Waals surface area contributed by atoms with Gasteiger partial charge < -0.3 is 10.0 Å². The molecule has 5 heteroatoms. The zero-order valence-corrected chi connectivity index (χ0v) is 12.8. The lowest BCUT2D eigenvalue weighted by atomic mass is 9.61. The van der Waals surface area contributed by atoms with Crippen molar-refractivity contribution >= 4 is 28.5 Å². The van der Waals surface area contributed by atoms with Crippen molar-refractivity contribution in [1.29, 1.82) is 0 Å². The van der Waals surface area contributed by atoms with Crippen molar-refractivity contribution in [1.82, 2.24) is 4.90 Å². The molecular weight excluding hydrogens is 306 g/mol. The number of rotatable bonds is 3. The molecule has 19 heavy (non-hydrogen) atoms. The number of hydrogen-bond acceptors (Lipinski definition) is 3. The summed E-state index contributed by atoms with van der Waals surface area (Å²) in [7, 11) is 3.88. The van der Waals surface area contributed by atoms with Crippen LogP contribution in [0.1, 0.15) is 18.4 Å². The zero-order chi connectivity index (χ0) is 14.0. The Hall–Kier alpha value is -1.20. The number of hydrogen-bond donors (Lipinski definition) is 1. The summed E-state index contributed by atoms with van der Waals surface area (Å²) in [5.41, 5.74) is 0.872. The number of aliphatic hydroxyl groups is 1. The summed E-state index contributed by atoms with van der Waals surface area (Å²) in [4.78, 5) is 1.95. The van der Waals surface area contributed by atoms with Crippen LogP contribution in [-0.2, 0) is 5.41 Å². The fourth-order valence-electron chi connectivity index (χ4n) is 2.76. The van der Waals surface area contributed by atoms with Crippen LogP contribution >= 0.6 is 15.9 Å². The molecule has 0 atom stereocenters. The van der Waals surface area contributed by atoms with Crippen LogP contribution in [0, 0.1) is 0 Å². The standard InChI is InChI=1S/C14H18BrN3O/c1-16-17-13(18(2)3)14(8-12(19)9-14)10-5-4-6-11(15)7-10/h4-7,12,19H,1,8-9H2,2-3H3/b17-13-. The largest absolute Gasteiger partial charge is 0.393 e. The molecule has 1 N–H and O–H groups in total. The summed E-state index contributed by atoms with van der Waals surface area (Å²) in [6, 6.07) is 8.14. The molecular formula is C14H18BrN3O. The van der Waals surface area contributed by atoms with Gasteiger partial charge in [0, 0.05) is 25.3 Å². The lowest BCUT2D eigenvalue weighted by Crippen LogP contribution is -2.54. The molecule has 1 saturated carbocycles. The SMILES string of the molecule is C=N/N=C(\N(C)C)C1(c2cccc(Br)c2)CC(O)C1. The first-order chi connectivity index (χ1) is 8.99. The lowest BCUT2D eigenvalue weighted by molar-refractivity contribution is 0.0457. The third-order valence-electron chi connectivity index (χ3n) is 3.56. The molecule has 2 rings (SSSR count). The molecule has 0 unspecified atom stereocenters. The lowest BCUT2D eigenvalue weighted by Gasteiger charge is -2.47. The number of benzene rings is 1. The third kappa shape index (κ3) is 2.58. The van der Waals surface area contributed by atoms with Crippen LogP contribution in [0.25, 0.3) is 0 Å². The van der Waals surface area contributed by atoms with Gasteiger partial charge in [0.1, 0.15) is 5.84 Å². The third-order valence-corrected chi connectivity index (χ3v) is 4.06. The summed E-state index contributed by atoms with van der Waals surface area (Å²) in [6.45, 7) is 3.45. The van der Waals surface area contributed by atoms with E-state index in [9.17, 15) is 5.11 Å². The Morgan fingerprint density at radius 3 is 2.63 bits per heavy atom. The number of halogens is 1. The highest BCUT2D eigenvalue weighted by Crippen LogP contribution is 2.46. The highest BCUT2D eigenvalue weighted by atomic mass is 79.9. The zero-order valence-electron chi connectivity index (χ0n) is 11.2. The maximum Gasteiger partial charge on any atom is 0.137 e. The molecule has 0 spiro atoms. The molecule has 0 amide bonds. The van der Waals surface area contributed by atoms with Crippen LogP contribution in [0.15, 0.2) is 38.9 Å². The fourth-order valence-corrected chi connectivity index (χ4v) is 3.16. The average Bonchev–Trinajstić information content (AvgIpc) is 2.32. The summed E-state index contributed by atoms with van der Waals surface area (Å²) in [6.07, 6.45) is 1.04. The van der Waals surface area contributed by atoms with E-state index in [4.69, 9.17) is 0 Å². The molecule has 1 aromatic rings. The number of nitrogens with zero attached hydrogens (tertiary/aromatic N) is 3. The van der Waals surface area contributed by atoms with E-state index in [0.29, 0.717) is 12.8 Å². The van der Waals surface area contributed by atoms with Gasteiger partial charge >= 0.3 is 0 Å². The van der Waals surface area contributed by atoms with Gasteiger partial charge in [0.25, 0.3) is 0 Å². The highest BCUT2D eigenvalue weighted by molar-refractivity contribution is 9.10. The van der Waals surface area contributed by atoms with Crippen LogP contribution in [0.3, 0.4) is 0 Å². The topological polar surface area (TPSA) is 48.2 Å². The van der Waals surface area contributed by atoms with E-state index in [1.807, 2.05) is 31.1 Å². The quantitative estimate of drug-likeness (QED) is 0.527. The van der Waals surface area contributed by atoms with Crippen molar-refractivity contribution < 1.29 is 5.11 Å². The Balaban J connectivity index is 2.49. The van der Waals surface area contributed by atoms with E-state index >= 15 is 0 Å². The van der Waals surface area contributed by atoms with Crippen molar-refractivity contribution in [3.8, 4) is 0 Å². The molecule has 0 bridgehead atoms. The van der Waals surface area contributed by atoms with Gasteiger partial charge in [-0.25, -0.2) is 0 Å². The summed E-state index contributed by atoms with van der Waals surface area (Å²) in [5.74, 6) is 0.839. The first kappa shape index (κ1) is 14.2. The minimum absolute atomic E-state index is 0.270. The maximum atomic E-state index is 9.78. The summed E-state index contributed by atoms with van der Waals surface area (Å²) < 4.78 is 1.02. The Labute approximate surface area is 122 Å². The van der Waals surface area contributed by atoms with E-state index in [1.165, 1.54) is 0 Å². The van der Waals surface area contributed by atoms with E-state index in [2.05, 4.69) is 45.0 Å². The number of amidine groups is 1. The minimum Gasteiger partial charge on any atom is -0.393 e. The molecule has 1 fully saturated rings. The molecule has 4 nitrogen and oxygen atoms in total. The molecule has 1 aliphatic carbocycles. The summed E-state index contributed by atoms with van der Waals surface area (Å²) >= 11 is 3.50. The molecule has 0 saturated heterocycles. The molecule has 0 aliphatic heterocycles. The van der Waals surface area contributed by atoms with E-state index in [1.54, 1.807) is 0 Å². The average molecular weight is 324 g/mol. The predicted octanol–water partition coefficient (Wildman–Crippen LogP) is 2.42. The Morgan fingerprint density at radius 1 is 1.47 bits per heavy atom. The minimum atomic E-state index is -0.283. The first-order valence-electron chi connectivity index (χ1n) is 6.15. The van der Waals surface area contributed by atoms with Crippen LogP contribution in [0.4, 0.5) is 0 Å². The van der Waals surface area contributed by atoms with Gasteiger partial charge in [-0.2, -0.15) is 5.10 Å². The van der Waals surface area contributed by atoms with E-state index < -0.39 is 0 Å². The van der Waals surface area contributed by atoms with E-state index in [-0.39, 0.29) is 11.5 Å². The van der Waals surface area contributed by atoms with Gasteiger partial charge in [-0.15, -0.1) is 5.10 Å². The second-order valence-corrected chi connectivity index (χ2v) is 6.03. The van der Waals surface area contributed by atoms with Crippen molar-refractivity contribution in [3.05, 3.63) is 34.3 Å². The molecule has 0 aromatic heterocycles. The van der Waals surface area contributed by atoms with Gasteiger partial charge in [0.15, 0.2) is 0 Å². The molecule has 0 heterocycles. The highest BCUT2D eigenvalue weighted by Gasteiger charge is 2.50. The van der Waals surface area contributed by atoms with Crippen LogP contribution < -0.4 is 0 Å². The predicted molar refractivity (Wildman–Crippen MR) is 81.7 cm³/mol. The molecule has 102 valence electrons. The summed E-state index contributed by atoms with van der Waals surface area (Å²) in [5, 5.41) is 17.7. The number of aliphatic hydroxyl groups excluding tert-OH is 1. The Kier molecular flexibility index (Phi) is 4.06. The van der Waals surface area contributed by atoms with Crippen molar-refractivity contribution in [2.24, 2.45) is 10.2 Å². The molecule has 0 radical (unpaired) electrons. The second-order valence-electron chi connectivity index (χ2n) is 5.11. The van der Waals surface area contributed by atoms with Crippen LogP contribution in [0.5, 0.6) is 0 Å². The van der Waals surface area contributed by atoms with E-state index in [0.717, 1.165) is 15.9 Å². The first-order valence-corrected chi connectivity index (χ1v) is 6.94. The maximum absolute atomic E-state index is 9.78. The van der Waals surface area contributed by atoms with Crippen molar-refractivity contribution in [2.45, 2.75) is 24.4 Å². The second kappa shape index (κ2) is 5.43. The van der Waals surface area contributed by atoms with Gasteiger partial charge in [-0.3, -0.25) is 0 Å². The fraction of sp³-hybridized carbons (Fsp3) is 0.429. The van der Waals surface area contributed by atoms with Crippen molar-refractivity contribution in [3.63, 3.8) is 0 Å². The normalized spacial score (nSPS) is 26.7. The van der Waals surface area contributed by atoms with Crippen LogP contribution in [0.2, 0.25) is 0 Å². The number of likely N-dealkylation sites (N-methyl/N-ethyl adjacent to an activating group) is 1. The van der Waals surface area contributed by atoms with Gasteiger partial charge in [-0.05, 0) is 30.5 Å². The van der Waals surface area contributed by atoms with Gasteiger partial charge in [0.2, 0.25) is 0 Å². The molecule has 1 aliphatic rings. The Morgan fingerprint density at radius 2 is 2.16 bits per heavy atom.